The van der Waals surface area contributed by atoms with Crippen LogP contribution in [0.25, 0.3) is 0 Å². The second-order valence-corrected chi connectivity index (χ2v) is 7.80. The standard InChI is InChI=1S/C13H17BrN2O5S/c1-15(22(2,20)21)8-12(17)16(9-13(18)19)7-10-4-3-5-11(14)6-10/h3-6H,7-9H2,1-2H3,(H,18,19). The summed E-state index contributed by atoms with van der Waals surface area (Å²) >= 11 is 3.30. The number of carboxylic acids is 1. The summed E-state index contributed by atoms with van der Waals surface area (Å²) in [6.45, 7) is -0.814. The maximum atomic E-state index is 12.2. The zero-order valence-electron chi connectivity index (χ0n) is 12.2. The number of carboxylic acid groups (broad SMARTS) is 1. The fourth-order valence-electron chi connectivity index (χ4n) is 1.66. The number of benzene rings is 1. The third-order valence-corrected chi connectivity index (χ3v) is 4.62. The van der Waals surface area contributed by atoms with Crippen LogP contribution >= 0.6 is 15.9 Å². The van der Waals surface area contributed by atoms with Gasteiger partial charge in [0.2, 0.25) is 15.9 Å². The van der Waals surface area contributed by atoms with Crippen molar-refractivity contribution in [3.05, 3.63) is 34.3 Å². The minimum Gasteiger partial charge on any atom is -0.480 e. The first-order valence-electron chi connectivity index (χ1n) is 6.25. The van der Waals surface area contributed by atoms with Gasteiger partial charge in [0.25, 0.3) is 0 Å². The van der Waals surface area contributed by atoms with Gasteiger partial charge in [-0.3, -0.25) is 9.59 Å². The van der Waals surface area contributed by atoms with E-state index in [1.807, 2.05) is 6.07 Å². The first-order chi connectivity index (χ1) is 10.1. The number of aliphatic carboxylic acids is 1. The molecule has 0 saturated heterocycles. The maximum Gasteiger partial charge on any atom is 0.323 e. The van der Waals surface area contributed by atoms with Gasteiger partial charge in [-0.05, 0) is 17.7 Å². The highest BCUT2D eigenvalue weighted by atomic mass is 79.9. The van der Waals surface area contributed by atoms with Crippen LogP contribution < -0.4 is 0 Å². The van der Waals surface area contributed by atoms with Crippen LogP contribution in [0.4, 0.5) is 0 Å². The van der Waals surface area contributed by atoms with Gasteiger partial charge < -0.3 is 10.0 Å². The average molecular weight is 393 g/mol. The van der Waals surface area contributed by atoms with Gasteiger partial charge in [0.1, 0.15) is 6.54 Å². The number of hydrogen-bond acceptors (Lipinski definition) is 4. The van der Waals surface area contributed by atoms with Crippen LogP contribution in [0.5, 0.6) is 0 Å². The molecule has 0 heterocycles. The van der Waals surface area contributed by atoms with Crippen molar-refractivity contribution in [2.75, 3.05) is 26.4 Å². The normalized spacial score (nSPS) is 11.5. The fraction of sp³-hybridized carbons (Fsp3) is 0.385. The zero-order chi connectivity index (χ0) is 16.9. The van der Waals surface area contributed by atoms with Gasteiger partial charge in [0, 0.05) is 18.1 Å². The molecule has 1 N–H and O–H groups in total. The van der Waals surface area contributed by atoms with Crippen LogP contribution in [-0.4, -0.2) is 61.0 Å². The minimum atomic E-state index is -3.51. The van der Waals surface area contributed by atoms with Gasteiger partial charge >= 0.3 is 5.97 Å². The Hall–Kier alpha value is -1.45. The molecule has 0 bridgehead atoms. The summed E-state index contributed by atoms with van der Waals surface area (Å²) in [5, 5.41) is 8.92. The van der Waals surface area contributed by atoms with E-state index >= 15 is 0 Å². The highest BCUT2D eigenvalue weighted by molar-refractivity contribution is 9.10. The SMILES string of the molecule is CN(CC(=O)N(CC(=O)O)Cc1cccc(Br)c1)S(C)(=O)=O. The molecular weight excluding hydrogens is 376 g/mol. The lowest BCUT2D eigenvalue weighted by Gasteiger charge is -2.23. The third kappa shape index (κ3) is 6.12. The first-order valence-corrected chi connectivity index (χ1v) is 8.89. The topological polar surface area (TPSA) is 95.0 Å². The van der Waals surface area contributed by atoms with Crippen LogP contribution in [0.3, 0.4) is 0 Å². The smallest absolute Gasteiger partial charge is 0.323 e. The van der Waals surface area contributed by atoms with Crippen molar-refractivity contribution in [2.24, 2.45) is 0 Å². The lowest BCUT2D eigenvalue weighted by molar-refractivity contribution is -0.144. The number of hydrogen-bond donors (Lipinski definition) is 1. The van der Waals surface area contributed by atoms with E-state index in [9.17, 15) is 18.0 Å². The fourth-order valence-corrected chi connectivity index (χ4v) is 2.45. The summed E-state index contributed by atoms with van der Waals surface area (Å²) in [6, 6.07) is 7.10. The van der Waals surface area contributed by atoms with Crippen LogP contribution in [0.2, 0.25) is 0 Å². The van der Waals surface area contributed by atoms with Gasteiger partial charge in [-0.1, -0.05) is 28.1 Å². The van der Waals surface area contributed by atoms with E-state index in [-0.39, 0.29) is 6.54 Å². The molecule has 0 radical (unpaired) electrons. The molecule has 0 atom stereocenters. The molecule has 1 rings (SSSR count). The molecule has 0 saturated carbocycles. The Labute approximate surface area is 137 Å². The Morgan fingerprint density at radius 2 is 1.91 bits per heavy atom. The number of nitrogens with zero attached hydrogens (tertiary/aromatic N) is 2. The molecule has 0 aliphatic heterocycles. The van der Waals surface area contributed by atoms with Gasteiger partial charge in [-0.25, -0.2) is 8.42 Å². The Balaban J connectivity index is 2.88. The van der Waals surface area contributed by atoms with Crippen molar-refractivity contribution >= 4 is 37.8 Å². The zero-order valence-corrected chi connectivity index (χ0v) is 14.6. The number of amides is 1. The summed E-state index contributed by atoms with van der Waals surface area (Å²) in [4.78, 5) is 24.2. The van der Waals surface area contributed by atoms with Crippen LogP contribution in [0.15, 0.2) is 28.7 Å². The summed E-state index contributed by atoms with van der Waals surface area (Å²) in [5.74, 6) is -1.74. The monoisotopic (exact) mass is 392 g/mol. The predicted molar refractivity (Wildman–Crippen MR) is 84.7 cm³/mol. The van der Waals surface area contributed by atoms with E-state index in [4.69, 9.17) is 5.11 Å². The molecule has 7 nitrogen and oxygen atoms in total. The van der Waals surface area contributed by atoms with Crippen molar-refractivity contribution in [1.82, 2.24) is 9.21 Å². The molecule has 22 heavy (non-hydrogen) atoms. The van der Waals surface area contributed by atoms with Gasteiger partial charge in [0.05, 0.1) is 12.8 Å². The molecule has 9 heteroatoms. The van der Waals surface area contributed by atoms with Crippen molar-refractivity contribution in [1.29, 1.82) is 0 Å². The Bertz CT molecular complexity index is 662. The highest BCUT2D eigenvalue weighted by Gasteiger charge is 2.22. The second-order valence-electron chi connectivity index (χ2n) is 4.79. The number of carbonyl (C=O) groups is 2. The Morgan fingerprint density at radius 1 is 1.27 bits per heavy atom. The number of likely N-dealkylation sites (N-methyl/N-ethyl adjacent to an activating group) is 1. The Kier molecular flexibility index (Phi) is 6.51. The second kappa shape index (κ2) is 7.70. The summed E-state index contributed by atoms with van der Waals surface area (Å²) in [5.41, 5.74) is 0.742. The maximum absolute atomic E-state index is 12.2. The van der Waals surface area contributed by atoms with E-state index in [0.717, 1.165) is 25.5 Å². The average Bonchev–Trinajstić information content (AvgIpc) is 2.36. The quantitative estimate of drug-likeness (QED) is 0.738. The first kappa shape index (κ1) is 18.6. The molecule has 0 aliphatic carbocycles. The summed E-state index contributed by atoms with van der Waals surface area (Å²) in [7, 11) is -2.24. The van der Waals surface area contributed by atoms with E-state index in [1.165, 1.54) is 7.05 Å². The van der Waals surface area contributed by atoms with Crippen LogP contribution in [0.1, 0.15) is 5.56 Å². The molecule has 0 unspecified atom stereocenters. The summed E-state index contributed by atoms with van der Waals surface area (Å²) < 4.78 is 24.4. The van der Waals surface area contributed by atoms with Gasteiger partial charge in [-0.15, -0.1) is 0 Å². The van der Waals surface area contributed by atoms with E-state index in [1.54, 1.807) is 18.2 Å². The number of halogens is 1. The molecule has 0 aliphatic rings. The van der Waals surface area contributed by atoms with Crippen molar-refractivity contribution in [3.63, 3.8) is 0 Å². The van der Waals surface area contributed by atoms with Crippen molar-refractivity contribution in [2.45, 2.75) is 6.54 Å². The third-order valence-electron chi connectivity index (χ3n) is 2.87. The van der Waals surface area contributed by atoms with Crippen molar-refractivity contribution < 1.29 is 23.1 Å². The van der Waals surface area contributed by atoms with Gasteiger partial charge in [-0.2, -0.15) is 4.31 Å². The van der Waals surface area contributed by atoms with E-state index in [2.05, 4.69) is 15.9 Å². The lowest BCUT2D eigenvalue weighted by atomic mass is 10.2. The molecule has 1 aromatic carbocycles. The highest BCUT2D eigenvalue weighted by Crippen LogP contribution is 2.14. The largest absolute Gasteiger partial charge is 0.480 e. The number of carbonyl (C=O) groups excluding carboxylic acids is 1. The Morgan fingerprint density at radius 3 is 2.41 bits per heavy atom. The lowest BCUT2D eigenvalue weighted by Crippen LogP contribution is -2.42. The number of sulfonamides is 1. The molecular formula is C13H17BrN2O5S. The summed E-state index contributed by atoms with van der Waals surface area (Å²) in [6.07, 6.45) is 0.982. The molecule has 1 amide bonds. The van der Waals surface area contributed by atoms with Crippen LogP contribution in [-0.2, 0) is 26.2 Å². The number of rotatable bonds is 7. The van der Waals surface area contributed by atoms with Crippen molar-refractivity contribution in [3.8, 4) is 0 Å². The van der Waals surface area contributed by atoms with E-state index in [0.29, 0.717) is 0 Å². The molecule has 0 aromatic heterocycles. The molecule has 0 fully saturated rings. The molecule has 1 aromatic rings. The molecule has 0 spiro atoms. The predicted octanol–water partition coefficient (Wildman–Crippen LogP) is 0.754. The minimum absolute atomic E-state index is 0.0855. The molecule has 122 valence electrons. The van der Waals surface area contributed by atoms with E-state index < -0.39 is 35.0 Å². The van der Waals surface area contributed by atoms with Crippen LogP contribution in [0, 0.1) is 0 Å². The van der Waals surface area contributed by atoms with Gasteiger partial charge in [0.15, 0.2) is 0 Å².